The Hall–Kier alpha value is -2.00. The van der Waals surface area contributed by atoms with Crippen LogP contribution in [0.5, 0.6) is 5.75 Å². The Morgan fingerprint density at radius 3 is 2.80 bits per heavy atom. The number of para-hydroxylation sites is 1. The molecule has 3 rings (SSSR count). The van der Waals surface area contributed by atoms with Crippen molar-refractivity contribution in [1.29, 1.82) is 0 Å². The molecule has 0 fully saturated rings. The Morgan fingerprint density at radius 2 is 2.00 bits per heavy atom. The van der Waals surface area contributed by atoms with Crippen molar-refractivity contribution in [2.24, 2.45) is 5.73 Å². The SMILES string of the molecule is NCC(c1cccc(O)c1)N1CCCc2ccccc21. The summed E-state index contributed by atoms with van der Waals surface area (Å²) in [5, 5.41) is 9.69. The van der Waals surface area contributed by atoms with Gasteiger partial charge in [0.2, 0.25) is 0 Å². The number of benzene rings is 2. The minimum absolute atomic E-state index is 0.114. The molecule has 3 nitrogen and oxygen atoms in total. The molecule has 0 saturated heterocycles. The van der Waals surface area contributed by atoms with Crippen molar-refractivity contribution in [3.05, 3.63) is 59.7 Å². The van der Waals surface area contributed by atoms with E-state index in [1.807, 2.05) is 18.2 Å². The molecule has 104 valence electrons. The van der Waals surface area contributed by atoms with Crippen LogP contribution in [-0.2, 0) is 6.42 Å². The first-order valence-corrected chi connectivity index (χ1v) is 7.13. The number of anilines is 1. The van der Waals surface area contributed by atoms with Crippen molar-refractivity contribution in [3.63, 3.8) is 0 Å². The van der Waals surface area contributed by atoms with Gasteiger partial charge in [0.05, 0.1) is 6.04 Å². The number of phenols is 1. The highest BCUT2D eigenvalue weighted by atomic mass is 16.3. The zero-order valence-electron chi connectivity index (χ0n) is 11.5. The molecule has 0 saturated carbocycles. The summed E-state index contributed by atoms with van der Waals surface area (Å²) < 4.78 is 0. The molecule has 0 aromatic heterocycles. The van der Waals surface area contributed by atoms with Gasteiger partial charge >= 0.3 is 0 Å². The normalized spacial score (nSPS) is 15.8. The number of aromatic hydroxyl groups is 1. The summed E-state index contributed by atoms with van der Waals surface area (Å²) in [4.78, 5) is 2.37. The predicted octanol–water partition coefficient (Wildman–Crippen LogP) is 2.84. The Labute approximate surface area is 119 Å². The third-order valence-corrected chi connectivity index (χ3v) is 4.00. The van der Waals surface area contributed by atoms with E-state index in [9.17, 15) is 5.11 Å². The van der Waals surface area contributed by atoms with Crippen LogP contribution in [0.2, 0.25) is 0 Å². The molecule has 1 aliphatic rings. The Bertz CT molecular complexity index is 597. The summed E-state index contributed by atoms with van der Waals surface area (Å²) in [6.07, 6.45) is 2.27. The number of phenolic OH excluding ortho intramolecular Hbond substituents is 1. The number of aryl methyl sites for hydroxylation is 1. The molecule has 0 radical (unpaired) electrons. The maximum atomic E-state index is 9.69. The summed E-state index contributed by atoms with van der Waals surface area (Å²) >= 11 is 0. The second-order valence-corrected chi connectivity index (χ2v) is 5.27. The van der Waals surface area contributed by atoms with E-state index in [-0.39, 0.29) is 6.04 Å². The molecule has 20 heavy (non-hydrogen) atoms. The molecule has 0 amide bonds. The minimum Gasteiger partial charge on any atom is -0.508 e. The third kappa shape index (κ3) is 2.37. The van der Waals surface area contributed by atoms with Crippen LogP contribution in [-0.4, -0.2) is 18.2 Å². The Kier molecular flexibility index (Phi) is 3.61. The minimum atomic E-state index is 0.114. The van der Waals surface area contributed by atoms with Crippen LogP contribution >= 0.6 is 0 Å². The topological polar surface area (TPSA) is 49.5 Å². The molecular formula is C17H20N2O. The zero-order chi connectivity index (χ0) is 13.9. The predicted molar refractivity (Wildman–Crippen MR) is 82.0 cm³/mol. The fourth-order valence-electron chi connectivity index (χ4n) is 3.06. The lowest BCUT2D eigenvalue weighted by atomic mass is 9.97. The highest BCUT2D eigenvalue weighted by Crippen LogP contribution is 2.34. The van der Waals surface area contributed by atoms with E-state index in [2.05, 4.69) is 29.2 Å². The average Bonchev–Trinajstić information content (AvgIpc) is 2.48. The van der Waals surface area contributed by atoms with Gasteiger partial charge in [0.15, 0.2) is 0 Å². The average molecular weight is 268 g/mol. The summed E-state index contributed by atoms with van der Waals surface area (Å²) in [6, 6.07) is 16.1. The van der Waals surface area contributed by atoms with Gasteiger partial charge in [-0.05, 0) is 42.2 Å². The van der Waals surface area contributed by atoms with Gasteiger partial charge in [-0.15, -0.1) is 0 Å². The monoisotopic (exact) mass is 268 g/mol. The lowest BCUT2D eigenvalue weighted by molar-refractivity contribution is 0.473. The molecule has 0 aliphatic carbocycles. The lowest BCUT2D eigenvalue weighted by Crippen LogP contribution is -2.37. The molecule has 2 aromatic carbocycles. The summed E-state index contributed by atoms with van der Waals surface area (Å²) in [7, 11) is 0. The standard InChI is InChI=1S/C17H20N2O/c18-12-17(14-6-3-8-15(20)11-14)19-10-4-7-13-5-1-2-9-16(13)19/h1-3,5-6,8-9,11,17,20H,4,7,10,12,18H2. The van der Waals surface area contributed by atoms with E-state index in [4.69, 9.17) is 5.73 Å². The van der Waals surface area contributed by atoms with Crippen LogP contribution in [0.4, 0.5) is 5.69 Å². The first-order chi connectivity index (χ1) is 9.79. The number of nitrogens with two attached hydrogens (primary N) is 1. The van der Waals surface area contributed by atoms with Crippen LogP contribution in [0.3, 0.4) is 0 Å². The number of rotatable bonds is 3. The van der Waals surface area contributed by atoms with Crippen molar-refractivity contribution in [2.45, 2.75) is 18.9 Å². The van der Waals surface area contributed by atoms with Crippen LogP contribution in [0.25, 0.3) is 0 Å². The maximum absolute atomic E-state index is 9.69. The number of hydrogen-bond donors (Lipinski definition) is 2. The second-order valence-electron chi connectivity index (χ2n) is 5.27. The molecular weight excluding hydrogens is 248 g/mol. The zero-order valence-corrected chi connectivity index (χ0v) is 11.5. The van der Waals surface area contributed by atoms with E-state index in [0.717, 1.165) is 24.9 Å². The van der Waals surface area contributed by atoms with Crippen molar-refractivity contribution in [2.75, 3.05) is 18.0 Å². The first kappa shape index (κ1) is 13.0. The quantitative estimate of drug-likeness (QED) is 0.900. The molecule has 0 bridgehead atoms. The third-order valence-electron chi connectivity index (χ3n) is 4.00. The highest BCUT2D eigenvalue weighted by molar-refractivity contribution is 5.57. The number of fused-ring (bicyclic) bond motifs is 1. The lowest BCUT2D eigenvalue weighted by Gasteiger charge is -2.37. The van der Waals surface area contributed by atoms with Crippen LogP contribution < -0.4 is 10.6 Å². The summed E-state index contributed by atoms with van der Waals surface area (Å²) in [5.74, 6) is 0.297. The maximum Gasteiger partial charge on any atom is 0.115 e. The molecule has 1 aliphatic heterocycles. The van der Waals surface area contributed by atoms with Gasteiger partial charge in [-0.2, -0.15) is 0 Å². The molecule has 3 N–H and O–H groups in total. The van der Waals surface area contributed by atoms with E-state index in [1.165, 1.54) is 11.3 Å². The fraction of sp³-hybridized carbons (Fsp3) is 0.294. The van der Waals surface area contributed by atoms with E-state index >= 15 is 0 Å². The molecule has 1 atom stereocenters. The van der Waals surface area contributed by atoms with Crippen LogP contribution in [0.1, 0.15) is 23.6 Å². The summed E-state index contributed by atoms with van der Waals surface area (Å²) in [5.41, 5.74) is 9.75. The van der Waals surface area contributed by atoms with Gasteiger partial charge in [0.1, 0.15) is 5.75 Å². The van der Waals surface area contributed by atoms with Crippen LogP contribution in [0.15, 0.2) is 48.5 Å². The first-order valence-electron chi connectivity index (χ1n) is 7.13. The van der Waals surface area contributed by atoms with Gasteiger partial charge < -0.3 is 15.7 Å². The van der Waals surface area contributed by atoms with Crippen LogP contribution in [0, 0.1) is 0 Å². The molecule has 3 heteroatoms. The van der Waals surface area contributed by atoms with E-state index in [1.54, 1.807) is 6.07 Å². The highest BCUT2D eigenvalue weighted by Gasteiger charge is 2.24. The molecule has 1 unspecified atom stereocenters. The largest absolute Gasteiger partial charge is 0.508 e. The van der Waals surface area contributed by atoms with Crippen molar-refractivity contribution >= 4 is 5.69 Å². The van der Waals surface area contributed by atoms with Crippen molar-refractivity contribution < 1.29 is 5.11 Å². The molecule has 0 spiro atoms. The van der Waals surface area contributed by atoms with Gasteiger partial charge in [0.25, 0.3) is 0 Å². The Balaban J connectivity index is 1.99. The fourth-order valence-corrected chi connectivity index (χ4v) is 3.06. The number of nitrogens with zero attached hydrogens (tertiary/aromatic N) is 1. The summed E-state index contributed by atoms with van der Waals surface area (Å²) in [6.45, 7) is 1.55. The van der Waals surface area contributed by atoms with Gasteiger partial charge in [-0.3, -0.25) is 0 Å². The van der Waals surface area contributed by atoms with Crippen molar-refractivity contribution in [3.8, 4) is 5.75 Å². The Morgan fingerprint density at radius 1 is 1.15 bits per heavy atom. The number of hydrogen-bond acceptors (Lipinski definition) is 3. The van der Waals surface area contributed by atoms with E-state index in [0.29, 0.717) is 12.3 Å². The molecule has 2 aromatic rings. The smallest absolute Gasteiger partial charge is 0.115 e. The van der Waals surface area contributed by atoms with Gasteiger partial charge in [-0.25, -0.2) is 0 Å². The molecule has 1 heterocycles. The second kappa shape index (κ2) is 5.55. The van der Waals surface area contributed by atoms with Crippen molar-refractivity contribution in [1.82, 2.24) is 0 Å². The van der Waals surface area contributed by atoms with Gasteiger partial charge in [-0.1, -0.05) is 30.3 Å². The van der Waals surface area contributed by atoms with Gasteiger partial charge in [0, 0.05) is 18.8 Å². The van der Waals surface area contributed by atoms with E-state index < -0.39 is 0 Å².